The maximum Gasteiger partial charge on any atom is 0.119 e. The monoisotopic (exact) mass is 249 g/mol. The van der Waals surface area contributed by atoms with Gasteiger partial charge in [0, 0.05) is 6.04 Å². The molecule has 0 aliphatic heterocycles. The van der Waals surface area contributed by atoms with Crippen LogP contribution < -0.4 is 10.5 Å². The first-order chi connectivity index (χ1) is 8.52. The lowest BCUT2D eigenvalue weighted by Crippen LogP contribution is -2.31. The van der Waals surface area contributed by atoms with E-state index in [0.29, 0.717) is 13.0 Å². The van der Waals surface area contributed by atoms with Crippen molar-refractivity contribution in [1.82, 2.24) is 0 Å². The van der Waals surface area contributed by atoms with Gasteiger partial charge in [-0.3, -0.25) is 0 Å². The summed E-state index contributed by atoms with van der Waals surface area (Å²) in [4.78, 5) is 0. The predicted octanol–water partition coefficient (Wildman–Crippen LogP) is 2.56. The third kappa shape index (κ3) is 3.03. The smallest absolute Gasteiger partial charge is 0.119 e. The molecule has 1 unspecified atom stereocenters. The van der Waals surface area contributed by atoms with Crippen LogP contribution in [0.15, 0.2) is 18.2 Å². The van der Waals surface area contributed by atoms with Gasteiger partial charge in [-0.25, -0.2) is 0 Å². The van der Waals surface area contributed by atoms with Gasteiger partial charge < -0.3 is 15.6 Å². The van der Waals surface area contributed by atoms with Crippen LogP contribution in [0.1, 0.15) is 50.3 Å². The first kappa shape index (κ1) is 13.4. The molecule has 1 aromatic carbocycles. The van der Waals surface area contributed by atoms with Crippen LogP contribution in [0.5, 0.6) is 5.75 Å². The molecule has 0 saturated heterocycles. The van der Waals surface area contributed by atoms with Gasteiger partial charge in [0.1, 0.15) is 12.4 Å². The molecule has 0 saturated carbocycles. The zero-order chi connectivity index (χ0) is 13.2. The van der Waals surface area contributed by atoms with Gasteiger partial charge in [0.05, 0.1) is 5.60 Å². The van der Waals surface area contributed by atoms with E-state index in [-0.39, 0.29) is 6.04 Å². The summed E-state index contributed by atoms with van der Waals surface area (Å²) in [5.74, 6) is 0.805. The molecule has 0 fully saturated rings. The molecule has 0 amide bonds. The Hall–Kier alpha value is -1.06. The van der Waals surface area contributed by atoms with Crippen molar-refractivity contribution in [1.29, 1.82) is 0 Å². The maximum absolute atomic E-state index is 9.93. The van der Waals surface area contributed by atoms with Gasteiger partial charge in [0.25, 0.3) is 0 Å². The van der Waals surface area contributed by atoms with E-state index in [9.17, 15) is 5.11 Å². The van der Waals surface area contributed by atoms with Gasteiger partial charge in [0.15, 0.2) is 0 Å². The normalized spacial score (nSPS) is 22.1. The average molecular weight is 249 g/mol. The minimum Gasteiger partial charge on any atom is -0.491 e. The van der Waals surface area contributed by atoms with Crippen LogP contribution in [0, 0.1) is 0 Å². The standard InChI is InChI=1S/C15H23NO2/c1-3-15(2,17)10-18-12-8-7-11-5-4-6-14(16)13(11)9-12/h7-9,14,17H,3-6,10,16H2,1-2H3/t14-,15?/m0/s1. The van der Waals surface area contributed by atoms with Gasteiger partial charge in [-0.15, -0.1) is 0 Å². The summed E-state index contributed by atoms with van der Waals surface area (Å²) < 4.78 is 5.67. The highest BCUT2D eigenvalue weighted by atomic mass is 16.5. The summed E-state index contributed by atoms with van der Waals surface area (Å²) >= 11 is 0. The van der Waals surface area contributed by atoms with Crippen LogP contribution in [0.3, 0.4) is 0 Å². The van der Waals surface area contributed by atoms with Gasteiger partial charge in [-0.2, -0.15) is 0 Å². The molecule has 0 bridgehead atoms. The van der Waals surface area contributed by atoms with E-state index < -0.39 is 5.60 Å². The van der Waals surface area contributed by atoms with E-state index in [2.05, 4.69) is 6.07 Å². The highest BCUT2D eigenvalue weighted by Crippen LogP contribution is 2.31. The van der Waals surface area contributed by atoms with E-state index in [0.717, 1.165) is 18.6 Å². The van der Waals surface area contributed by atoms with Crippen LogP contribution in [0.2, 0.25) is 0 Å². The Morgan fingerprint density at radius 3 is 3.00 bits per heavy atom. The largest absolute Gasteiger partial charge is 0.491 e. The van der Waals surface area contributed by atoms with Crippen molar-refractivity contribution in [2.75, 3.05) is 6.61 Å². The molecule has 3 heteroatoms. The third-order valence-corrected chi connectivity index (χ3v) is 3.79. The zero-order valence-corrected chi connectivity index (χ0v) is 11.3. The fourth-order valence-electron chi connectivity index (χ4n) is 2.24. The minimum atomic E-state index is -0.766. The predicted molar refractivity (Wildman–Crippen MR) is 72.7 cm³/mol. The molecule has 3 N–H and O–H groups in total. The first-order valence-corrected chi connectivity index (χ1v) is 6.75. The number of aliphatic hydroxyl groups is 1. The second kappa shape index (κ2) is 5.29. The lowest BCUT2D eigenvalue weighted by molar-refractivity contribution is 0.00843. The molecule has 1 aromatic rings. The van der Waals surface area contributed by atoms with Crippen LogP contribution >= 0.6 is 0 Å². The molecular weight excluding hydrogens is 226 g/mol. The lowest BCUT2D eigenvalue weighted by atomic mass is 9.88. The molecule has 2 rings (SSSR count). The lowest BCUT2D eigenvalue weighted by Gasteiger charge is -2.25. The highest BCUT2D eigenvalue weighted by Gasteiger charge is 2.20. The van der Waals surface area contributed by atoms with E-state index in [1.165, 1.54) is 17.5 Å². The summed E-state index contributed by atoms with van der Waals surface area (Å²) in [6, 6.07) is 6.24. The van der Waals surface area contributed by atoms with E-state index in [1.807, 2.05) is 19.1 Å². The highest BCUT2D eigenvalue weighted by molar-refractivity contribution is 5.39. The molecule has 1 aliphatic rings. The summed E-state index contributed by atoms with van der Waals surface area (Å²) in [5.41, 5.74) is 7.89. The summed E-state index contributed by atoms with van der Waals surface area (Å²) in [5, 5.41) is 9.93. The molecule has 1 aliphatic carbocycles. The van der Waals surface area contributed by atoms with Crippen LogP contribution in [-0.2, 0) is 6.42 Å². The number of fused-ring (bicyclic) bond motifs is 1. The molecule has 3 nitrogen and oxygen atoms in total. The third-order valence-electron chi connectivity index (χ3n) is 3.79. The SMILES string of the molecule is CCC(C)(O)COc1ccc2c(c1)[C@@H](N)CCC2. The molecule has 18 heavy (non-hydrogen) atoms. The zero-order valence-electron chi connectivity index (χ0n) is 11.3. The van der Waals surface area contributed by atoms with Gasteiger partial charge >= 0.3 is 0 Å². The van der Waals surface area contributed by atoms with Crippen molar-refractivity contribution < 1.29 is 9.84 Å². The average Bonchev–Trinajstić information content (AvgIpc) is 2.37. The Morgan fingerprint density at radius 1 is 1.50 bits per heavy atom. The fourth-order valence-corrected chi connectivity index (χ4v) is 2.24. The Kier molecular flexibility index (Phi) is 3.93. The van der Waals surface area contributed by atoms with Crippen molar-refractivity contribution in [3.05, 3.63) is 29.3 Å². The quantitative estimate of drug-likeness (QED) is 0.862. The molecule has 0 aromatic heterocycles. The van der Waals surface area contributed by atoms with Gasteiger partial charge in [-0.1, -0.05) is 13.0 Å². The Labute approximate surface area is 109 Å². The molecular formula is C15H23NO2. The summed E-state index contributed by atoms with van der Waals surface area (Å²) in [7, 11) is 0. The second-order valence-electron chi connectivity index (χ2n) is 5.50. The van der Waals surface area contributed by atoms with E-state index in [4.69, 9.17) is 10.5 Å². The van der Waals surface area contributed by atoms with Crippen molar-refractivity contribution in [3.8, 4) is 5.75 Å². The Balaban J connectivity index is 2.09. The molecule has 0 radical (unpaired) electrons. The molecule has 0 spiro atoms. The molecule has 100 valence electrons. The molecule has 0 heterocycles. The van der Waals surface area contributed by atoms with E-state index >= 15 is 0 Å². The van der Waals surface area contributed by atoms with Crippen molar-refractivity contribution in [2.24, 2.45) is 5.73 Å². The van der Waals surface area contributed by atoms with Gasteiger partial charge in [-0.05, 0) is 55.9 Å². The first-order valence-electron chi connectivity index (χ1n) is 6.75. The van der Waals surface area contributed by atoms with Crippen molar-refractivity contribution in [3.63, 3.8) is 0 Å². The number of benzene rings is 1. The number of nitrogens with two attached hydrogens (primary N) is 1. The van der Waals surface area contributed by atoms with E-state index in [1.54, 1.807) is 6.92 Å². The number of aryl methyl sites for hydroxylation is 1. The minimum absolute atomic E-state index is 0.129. The second-order valence-corrected chi connectivity index (χ2v) is 5.50. The summed E-state index contributed by atoms with van der Waals surface area (Å²) in [6.45, 7) is 4.06. The fraction of sp³-hybridized carbons (Fsp3) is 0.600. The van der Waals surface area contributed by atoms with Crippen LogP contribution in [-0.4, -0.2) is 17.3 Å². The maximum atomic E-state index is 9.93. The van der Waals surface area contributed by atoms with Crippen molar-refractivity contribution in [2.45, 2.75) is 51.2 Å². The number of hydrogen-bond donors (Lipinski definition) is 2. The Bertz CT molecular complexity index is 415. The summed E-state index contributed by atoms with van der Waals surface area (Å²) in [6.07, 6.45) is 4.00. The van der Waals surface area contributed by atoms with Crippen LogP contribution in [0.25, 0.3) is 0 Å². The van der Waals surface area contributed by atoms with Gasteiger partial charge in [0.2, 0.25) is 0 Å². The number of hydrogen-bond acceptors (Lipinski definition) is 3. The van der Waals surface area contributed by atoms with Crippen molar-refractivity contribution >= 4 is 0 Å². The Morgan fingerprint density at radius 2 is 2.28 bits per heavy atom. The molecule has 2 atom stereocenters. The number of rotatable bonds is 4. The van der Waals surface area contributed by atoms with Crippen LogP contribution in [0.4, 0.5) is 0 Å². The number of ether oxygens (including phenoxy) is 1. The topological polar surface area (TPSA) is 55.5 Å².